The highest BCUT2D eigenvalue weighted by Crippen LogP contribution is 2.41. The zero-order valence-electron chi connectivity index (χ0n) is 19.6. The molecule has 2 atom stereocenters. The van der Waals surface area contributed by atoms with E-state index in [1.165, 1.54) is 0 Å². The first-order chi connectivity index (χ1) is 16.5. The quantitative estimate of drug-likeness (QED) is 0.440. The minimum Gasteiger partial charge on any atom is -0.496 e. The van der Waals surface area contributed by atoms with Crippen LogP contribution < -0.4 is 9.64 Å². The second-order valence-electron chi connectivity index (χ2n) is 8.01. The van der Waals surface area contributed by atoms with Crippen molar-refractivity contribution in [1.82, 2.24) is 0 Å². The maximum Gasteiger partial charge on any atom is 0.333 e. The summed E-state index contributed by atoms with van der Waals surface area (Å²) >= 11 is 0. The number of ether oxygens (including phenoxy) is 3. The topological polar surface area (TPSA) is 68.2 Å². The average molecular weight is 460 g/mol. The molecule has 34 heavy (non-hydrogen) atoms. The molecule has 0 spiro atoms. The van der Waals surface area contributed by atoms with E-state index in [9.17, 15) is 9.90 Å². The summed E-state index contributed by atoms with van der Waals surface area (Å²) in [5.41, 5.74) is 4.91. The molecular formula is C28H29NO5. The minimum atomic E-state index is -0.960. The van der Waals surface area contributed by atoms with Crippen LogP contribution in [0.25, 0.3) is 11.8 Å². The Morgan fingerprint density at radius 2 is 1.65 bits per heavy atom. The number of aliphatic carboxylic acids is 1. The molecule has 0 fully saturated rings. The number of fused-ring (bicyclic) bond motifs is 2. The first-order valence-electron chi connectivity index (χ1n) is 11.3. The Hall–Kier alpha value is -3.77. The number of methoxy groups -OCH3 is 1. The summed E-state index contributed by atoms with van der Waals surface area (Å²) < 4.78 is 17.4. The van der Waals surface area contributed by atoms with Gasteiger partial charge in [0, 0.05) is 24.2 Å². The number of anilines is 2. The van der Waals surface area contributed by atoms with E-state index in [0.29, 0.717) is 18.8 Å². The number of benzene rings is 3. The smallest absolute Gasteiger partial charge is 0.333 e. The number of carboxylic acid groups (broad SMARTS) is 1. The monoisotopic (exact) mass is 459 g/mol. The third-order valence-corrected chi connectivity index (χ3v) is 5.79. The molecule has 0 aromatic heterocycles. The molecule has 0 saturated heterocycles. The molecule has 1 aliphatic rings. The number of hydrogen-bond donors (Lipinski definition) is 1. The Kier molecular flexibility index (Phi) is 7.18. The summed E-state index contributed by atoms with van der Waals surface area (Å²) in [7, 11) is 1.68. The van der Waals surface area contributed by atoms with Crippen molar-refractivity contribution in [3.8, 4) is 5.75 Å². The first-order valence-corrected chi connectivity index (χ1v) is 11.3. The van der Waals surface area contributed by atoms with Crippen molar-refractivity contribution < 1.29 is 24.1 Å². The lowest BCUT2D eigenvalue weighted by atomic mass is 10.1. The van der Waals surface area contributed by atoms with Crippen LogP contribution in [0.5, 0.6) is 5.75 Å². The number of carboxylic acids is 1. The van der Waals surface area contributed by atoms with Crippen LogP contribution >= 0.6 is 0 Å². The van der Waals surface area contributed by atoms with Gasteiger partial charge in [-0.05, 0) is 55.8 Å². The Labute approximate surface area is 200 Å². The van der Waals surface area contributed by atoms with Crippen LogP contribution in [0, 0.1) is 0 Å². The highest BCUT2D eigenvalue weighted by atomic mass is 16.5. The van der Waals surface area contributed by atoms with E-state index in [1.807, 2.05) is 67.6 Å². The lowest BCUT2D eigenvalue weighted by Gasteiger charge is -2.33. The van der Waals surface area contributed by atoms with Crippen LogP contribution in [0.1, 0.15) is 30.5 Å². The number of carbonyl (C=O) groups is 1. The molecule has 4 rings (SSSR count). The molecule has 1 aliphatic heterocycles. The van der Waals surface area contributed by atoms with E-state index in [4.69, 9.17) is 14.2 Å². The lowest BCUT2D eigenvalue weighted by molar-refractivity contribution is -0.149. The second kappa shape index (κ2) is 10.4. The van der Waals surface area contributed by atoms with Gasteiger partial charge in [-0.25, -0.2) is 4.79 Å². The second-order valence-corrected chi connectivity index (χ2v) is 8.01. The molecule has 0 radical (unpaired) electrons. The maximum absolute atomic E-state index is 11.4. The fraction of sp³-hybridized carbons (Fsp3) is 0.250. The molecule has 0 aliphatic carbocycles. The predicted octanol–water partition coefficient (Wildman–Crippen LogP) is 5.74. The molecule has 6 nitrogen and oxygen atoms in total. The molecule has 2 unspecified atom stereocenters. The summed E-state index contributed by atoms with van der Waals surface area (Å²) in [6, 6.07) is 23.8. The van der Waals surface area contributed by atoms with Crippen molar-refractivity contribution in [2.45, 2.75) is 32.6 Å². The van der Waals surface area contributed by atoms with Gasteiger partial charge in [-0.2, -0.15) is 0 Å². The highest BCUT2D eigenvalue weighted by molar-refractivity contribution is 5.92. The van der Waals surface area contributed by atoms with Crippen LogP contribution in [-0.2, 0) is 20.7 Å². The molecule has 0 bridgehead atoms. The van der Waals surface area contributed by atoms with Gasteiger partial charge < -0.3 is 24.2 Å². The normalized spacial score (nSPS) is 14.2. The fourth-order valence-electron chi connectivity index (χ4n) is 4.22. The van der Waals surface area contributed by atoms with Crippen molar-refractivity contribution in [3.63, 3.8) is 0 Å². The third-order valence-electron chi connectivity index (χ3n) is 5.79. The van der Waals surface area contributed by atoms with Gasteiger partial charge in [-0.3, -0.25) is 0 Å². The average Bonchev–Trinajstić information content (AvgIpc) is 2.99. The van der Waals surface area contributed by atoms with Gasteiger partial charge in [0.05, 0.1) is 18.5 Å². The van der Waals surface area contributed by atoms with E-state index in [1.54, 1.807) is 14.0 Å². The summed E-state index contributed by atoms with van der Waals surface area (Å²) in [4.78, 5) is 13.6. The van der Waals surface area contributed by atoms with Gasteiger partial charge in [-0.1, -0.05) is 42.5 Å². The number of nitrogens with zero attached hydrogens (tertiary/aromatic N) is 1. The van der Waals surface area contributed by atoms with Gasteiger partial charge in [0.15, 0.2) is 12.3 Å². The molecule has 1 heterocycles. The van der Waals surface area contributed by atoms with Crippen LogP contribution in [0.15, 0.2) is 72.8 Å². The van der Waals surface area contributed by atoms with Crippen molar-refractivity contribution in [3.05, 3.63) is 89.5 Å². The zero-order chi connectivity index (χ0) is 24.1. The summed E-state index contributed by atoms with van der Waals surface area (Å²) in [6.07, 6.45) is 1.17. The standard InChI is InChI=1S/C28H29NO5/c1-4-33-27(28(30)31)17-20-13-15-22(16-14-20)34-19(2)29-24-11-7-5-9-21(24)18-26(32-3)23-10-6-8-12-25(23)29/h5-16,18-19,27H,4,17H2,1-3H3,(H,30,31). The zero-order valence-corrected chi connectivity index (χ0v) is 19.6. The van der Waals surface area contributed by atoms with E-state index in [2.05, 4.69) is 23.1 Å². The maximum atomic E-state index is 11.4. The van der Waals surface area contributed by atoms with E-state index < -0.39 is 12.1 Å². The Morgan fingerprint density at radius 1 is 0.971 bits per heavy atom. The Balaban J connectivity index is 1.60. The van der Waals surface area contributed by atoms with Crippen LogP contribution in [0.2, 0.25) is 0 Å². The molecule has 3 aromatic carbocycles. The van der Waals surface area contributed by atoms with Crippen LogP contribution in [0.4, 0.5) is 11.4 Å². The molecule has 176 valence electrons. The van der Waals surface area contributed by atoms with Gasteiger partial charge in [-0.15, -0.1) is 0 Å². The molecule has 0 saturated carbocycles. The predicted molar refractivity (Wildman–Crippen MR) is 133 cm³/mol. The van der Waals surface area contributed by atoms with Gasteiger partial charge in [0.25, 0.3) is 0 Å². The lowest BCUT2D eigenvalue weighted by Crippen LogP contribution is -2.34. The van der Waals surface area contributed by atoms with E-state index >= 15 is 0 Å². The number of para-hydroxylation sites is 2. The summed E-state index contributed by atoms with van der Waals surface area (Å²) in [5, 5.41) is 9.33. The molecule has 1 N–H and O–H groups in total. The van der Waals surface area contributed by atoms with Gasteiger partial charge >= 0.3 is 5.97 Å². The van der Waals surface area contributed by atoms with Gasteiger partial charge in [0.1, 0.15) is 11.5 Å². The Bertz CT molecular complexity index is 1170. The van der Waals surface area contributed by atoms with Crippen molar-refractivity contribution >= 4 is 29.2 Å². The number of rotatable bonds is 9. The molecule has 0 amide bonds. The largest absolute Gasteiger partial charge is 0.496 e. The summed E-state index contributed by atoms with van der Waals surface area (Å²) in [5.74, 6) is 0.529. The summed E-state index contributed by atoms with van der Waals surface area (Å²) in [6.45, 7) is 4.15. The molecule has 6 heteroatoms. The first kappa shape index (κ1) is 23.4. The number of hydrogen-bond acceptors (Lipinski definition) is 5. The molecule has 3 aromatic rings. The van der Waals surface area contributed by atoms with E-state index in [0.717, 1.165) is 33.8 Å². The van der Waals surface area contributed by atoms with Crippen LogP contribution in [-0.4, -0.2) is 37.1 Å². The minimum absolute atomic E-state index is 0.303. The van der Waals surface area contributed by atoms with Crippen molar-refractivity contribution in [2.75, 3.05) is 18.6 Å². The van der Waals surface area contributed by atoms with Crippen LogP contribution in [0.3, 0.4) is 0 Å². The van der Waals surface area contributed by atoms with E-state index in [-0.39, 0.29) is 6.23 Å². The third kappa shape index (κ3) is 4.92. The van der Waals surface area contributed by atoms with Crippen molar-refractivity contribution in [1.29, 1.82) is 0 Å². The van der Waals surface area contributed by atoms with Crippen molar-refractivity contribution in [2.24, 2.45) is 0 Å². The SMILES string of the molecule is CCOC(Cc1ccc(OC(C)N2c3ccccc3C=C(OC)c3ccccc32)cc1)C(=O)O. The fourth-order valence-corrected chi connectivity index (χ4v) is 4.22. The van der Waals surface area contributed by atoms with Gasteiger partial charge in [0.2, 0.25) is 0 Å². The Morgan fingerprint density at radius 3 is 2.32 bits per heavy atom. The molecular weight excluding hydrogens is 430 g/mol. The highest BCUT2D eigenvalue weighted by Gasteiger charge is 2.27.